The molecule has 0 aliphatic carbocycles. The van der Waals surface area contributed by atoms with Crippen molar-refractivity contribution in [1.29, 1.82) is 0 Å². The number of ether oxygens (including phenoxy) is 1. The minimum absolute atomic E-state index is 0.109. The van der Waals surface area contributed by atoms with Gasteiger partial charge in [-0.05, 0) is 36.2 Å². The molecule has 1 aromatic heterocycles. The second-order valence-electron chi connectivity index (χ2n) is 6.57. The number of Topliss-reactive ketones (excluding diaryl/α,β-unsaturated/α-hetero) is 1. The summed E-state index contributed by atoms with van der Waals surface area (Å²) in [6.07, 6.45) is 2.64. The Labute approximate surface area is 162 Å². The van der Waals surface area contributed by atoms with Gasteiger partial charge in [-0.15, -0.1) is 0 Å². The molecule has 0 radical (unpaired) electrons. The van der Waals surface area contributed by atoms with Gasteiger partial charge in [0.1, 0.15) is 24.0 Å². The number of aliphatic imine (C=N–C) groups is 1. The van der Waals surface area contributed by atoms with E-state index in [0.29, 0.717) is 47.1 Å². The number of carbonyl (C=O) groups is 1. The Bertz CT molecular complexity index is 870. The number of nitrogens with zero attached hydrogens (tertiary/aromatic N) is 2. The third-order valence-electron chi connectivity index (χ3n) is 4.76. The van der Waals surface area contributed by atoms with Crippen LogP contribution in [0, 0.1) is 5.82 Å². The highest BCUT2D eigenvalue weighted by atomic mass is 35.5. The first kappa shape index (κ1) is 19.5. The molecule has 7 heteroatoms. The third-order valence-corrected chi connectivity index (χ3v) is 4.99. The predicted molar refractivity (Wildman–Crippen MR) is 103 cm³/mol. The SMILES string of the molecule is CC[C@@]1(c2cc(CC(=O)c3ccc(Cl)cn3)ccc2F)CCOCC(N)=N1. The molecule has 2 heterocycles. The lowest BCUT2D eigenvalue weighted by molar-refractivity contribution is 0.0988. The zero-order chi connectivity index (χ0) is 19.4. The van der Waals surface area contributed by atoms with E-state index in [1.807, 2.05) is 6.92 Å². The Balaban J connectivity index is 1.93. The third kappa shape index (κ3) is 4.34. The van der Waals surface area contributed by atoms with Crippen LogP contribution in [0.3, 0.4) is 0 Å². The summed E-state index contributed by atoms with van der Waals surface area (Å²) in [5.41, 5.74) is 6.57. The maximum Gasteiger partial charge on any atom is 0.185 e. The van der Waals surface area contributed by atoms with Crippen molar-refractivity contribution in [3.63, 3.8) is 0 Å². The molecule has 2 aromatic rings. The van der Waals surface area contributed by atoms with Gasteiger partial charge in [0.15, 0.2) is 5.78 Å². The van der Waals surface area contributed by atoms with Gasteiger partial charge in [-0.25, -0.2) is 4.39 Å². The van der Waals surface area contributed by atoms with Gasteiger partial charge < -0.3 is 10.5 Å². The van der Waals surface area contributed by atoms with E-state index in [4.69, 9.17) is 22.1 Å². The zero-order valence-electron chi connectivity index (χ0n) is 15.0. The summed E-state index contributed by atoms with van der Waals surface area (Å²) in [5.74, 6) is -0.182. The predicted octanol–water partition coefficient (Wildman–Crippen LogP) is 3.68. The molecule has 1 aliphatic heterocycles. The highest BCUT2D eigenvalue weighted by Gasteiger charge is 2.34. The van der Waals surface area contributed by atoms with Crippen LogP contribution in [-0.2, 0) is 16.7 Å². The van der Waals surface area contributed by atoms with Crippen LogP contribution in [0.5, 0.6) is 0 Å². The van der Waals surface area contributed by atoms with Crippen molar-refractivity contribution in [2.45, 2.75) is 31.7 Å². The first-order valence-corrected chi connectivity index (χ1v) is 9.17. The molecule has 1 aromatic carbocycles. The highest BCUT2D eigenvalue weighted by molar-refractivity contribution is 6.30. The highest BCUT2D eigenvalue weighted by Crippen LogP contribution is 2.37. The number of nitrogens with two attached hydrogens (primary N) is 1. The number of carbonyl (C=O) groups excluding carboxylic acids is 1. The van der Waals surface area contributed by atoms with E-state index < -0.39 is 5.54 Å². The number of hydrogen-bond donors (Lipinski definition) is 1. The Morgan fingerprint density at radius 2 is 2.19 bits per heavy atom. The average molecular weight is 390 g/mol. The van der Waals surface area contributed by atoms with Crippen LogP contribution < -0.4 is 5.73 Å². The summed E-state index contributed by atoms with van der Waals surface area (Å²) in [4.78, 5) is 21.1. The van der Waals surface area contributed by atoms with Crippen LogP contribution in [0.4, 0.5) is 4.39 Å². The fourth-order valence-corrected chi connectivity index (χ4v) is 3.39. The van der Waals surface area contributed by atoms with Crippen LogP contribution in [0.1, 0.15) is 41.4 Å². The van der Waals surface area contributed by atoms with E-state index >= 15 is 0 Å². The topological polar surface area (TPSA) is 77.6 Å². The molecule has 0 bridgehead atoms. The molecule has 5 nitrogen and oxygen atoms in total. The standard InChI is InChI=1S/C20H21ClFN3O2/c1-2-20(7-8-27-12-19(23)25-20)15-9-13(3-5-16(15)22)10-18(26)17-6-4-14(21)11-24-17/h3-6,9,11H,2,7-8,10,12H2,1H3,(H2,23,25)/t20-/m0/s1. The summed E-state index contributed by atoms with van der Waals surface area (Å²) < 4.78 is 20.1. The van der Waals surface area contributed by atoms with Crippen LogP contribution in [0.2, 0.25) is 5.02 Å². The monoisotopic (exact) mass is 389 g/mol. The number of halogens is 2. The Kier molecular flexibility index (Phi) is 5.87. The number of rotatable bonds is 5. The summed E-state index contributed by atoms with van der Waals surface area (Å²) in [6.45, 7) is 2.62. The summed E-state index contributed by atoms with van der Waals surface area (Å²) in [5, 5.41) is 0.464. The molecule has 1 aliphatic rings. The summed E-state index contributed by atoms with van der Waals surface area (Å²) in [7, 11) is 0. The Morgan fingerprint density at radius 1 is 1.37 bits per heavy atom. The second-order valence-corrected chi connectivity index (χ2v) is 7.00. The van der Waals surface area contributed by atoms with E-state index in [2.05, 4.69) is 9.98 Å². The van der Waals surface area contributed by atoms with Crippen LogP contribution in [-0.4, -0.2) is 29.8 Å². The molecule has 0 saturated carbocycles. The quantitative estimate of drug-likeness (QED) is 0.791. The van der Waals surface area contributed by atoms with Crippen molar-refractivity contribution in [3.8, 4) is 0 Å². The molecule has 0 saturated heterocycles. The van der Waals surface area contributed by atoms with Crippen molar-refractivity contribution in [2.24, 2.45) is 10.7 Å². The molecule has 0 spiro atoms. The zero-order valence-corrected chi connectivity index (χ0v) is 15.8. The van der Waals surface area contributed by atoms with E-state index in [-0.39, 0.29) is 24.6 Å². The summed E-state index contributed by atoms with van der Waals surface area (Å²) in [6, 6.07) is 7.89. The van der Waals surface area contributed by atoms with Crippen LogP contribution in [0.25, 0.3) is 0 Å². The fourth-order valence-electron chi connectivity index (χ4n) is 3.28. The van der Waals surface area contributed by atoms with Crippen LogP contribution in [0.15, 0.2) is 41.5 Å². The molecule has 3 rings (SSSR count). The number of ketones is 1. The summed E-state index contributed by atoms with van der Waals surface area (Å²) >= 11 is 5.81. The number of hydrogen-bond acceptors (Lipinski definition) is 5. The van der Waals surface area contributed by atoms with E-state index in [1.54, 1.807) is 24.3 Å². The van der Waals surface area contributed by atoms with Crippen molar-refractivity contribution >= 4 is 23.2 Å². The van der Waals surface area contributed by atoms with Gasteiger partial charge in [-0.1, -0.05) is 24.6 Å². The lowest BCUT2D eigenvalue weighted by atomic mass is 9.83. The van der Waals surface area contributed by atoms with Crippen molar-refractivity contribution in [2.75, 3.05) is 13.2 Å². The number of aromatic nitrogens is 1. The molecule has 1 atom stereocenters. The Morgan fingerprint density at radius 3 is 2.89 bits per heavy atom. The first-order chi connectivity index (χ1) is 12.9. The molecule has 0 unspecified atom stereocenters. The van der Waals surface area contributed by atoms with Gasteiger partial charge in [-0.3, -0.25) is 14.8 Å². The van der Waals surface area contributed by atoms with Gasteiger partial charge in [0.25, 0.3) is 0 Å². The van der Waals surface area contributed by atoms with Crippen molar-refractivity contribution < 1.29 is 13.9 Å². The molecule has 2 N–H and O–H groups in total. The number of benzene rings is 1. The van der Waals surface area contributed by atoms with E-state index in [0.717, 1.165) is 0 Å². The maximum absolute atomic E-state index is 14.7. The lowest BCUT2D eigenvalue weighted by Gasteiger charge is -2.29. The smallest absolute Gasteiger partial charge is 0.185 e. The first-order valence-electron chi connectivity index (χ1n) is 8.79. The molecule has 0 fully saturated rings. The van der Waals surface area contributed by atoms with Crippen molar-refractivity contribution in [3.05, 3.63) is 64.2 Å². The second kappa shape index (κ2) is 8.15. The number of pyridine rings is 1. The minimum atomic E-state index is -0.789. The molecular weight excluding hydrogens is 369 g/mol. The van der Waals surface area contributed by atoms with Crippen molar-refractivity contribution in [1.82, 2.24) is 4.98 Å². The largest absolute Gasteiger partial charge is 0.386 e. The minimum Gasteiger partial charge on any atom is -0.386 e. The lowest BCUT2D eigenvalue weighted by Crippen LogP contribution is -2.28. The fraction of sp³-hybridized carbons (Fsp3) is 0.350. The molecular formula is C20H21ClFN3O2. The van der Waals surface area contributed by atoms with Gasteiger partial charge in [-0.2, -0.15) is 0 Å². The van der Waals surface area contributed by atoms with Gasteiger partial charge in [0.2, 0.25) is 0 Å². The Hall–Kier alpha value is -2.31. The van der Waals surface area contributed by atoms with Gasteiger partial charge in [0.05, 0.1) is 10.6 Å². The van der Waals surface area contributed by atoms with Gasteiger partial charge in [0, 0.05) is 31.2 Å². The van der Waals surface area contributed by atoms with Crippen LogP contribution >= 0.6 is 11.6 Å². The van der Waals surface area contributed by atoms with Gasteiger partial charge >= 0.3 is 0 Å². The normalized spacial score (nSPS) is 20.0. The van der Waals surface area contributed by atoms with E-state index in [9.17, 15) is 9.18 Å². The average Bonchev–Trinajstić information content (AvgIpc) is 2.85. The maximum atomic E-state index is 14.7. The molecule has 0 amide bonds. The molecule has 142 valence electrons. The number of amidine groups is 1. The van der Waals surface area contributed by atoms with E-state index in [1.165, 1.54) is 12.3 Å². The molecule has 27 heavy (non-hydrogen) atoms.